The molecule has 1 aromatic rings. The van der Waals surface area contributed by atoms with E-state index in [1.807, 2.05) is 20.8 Å². The summed E-state index contributed by atoms with van der Waals surface area (Å²) in [7, 11) is 0. The molecule has 6 nitrogen and oxygen atoms in total. The van der Waals surface area contributed by atoms with Gasteiger partial charge in [-0.25, -0.2) is 4.79 Å². The van der Waals surface area contributed by atoms with E-state index in [1.165, 1.54) is 0 Å². The quantitative estimate of drug-likeness (QED) is 0.850. The van der Waals surface area contributed by atoms with E-state index < -0.39 is 5.60 Å². The molecular weight excluding hydrogens is 306 g/mol. The summed E-state index contributed by atoms with van der Waals surface area (Å²) in [4.78, 5) is 13.9. The number of carbonyl (C=O) groups excluding carboxylic acids is 1. The largest absolute Gasteiger partial charge is 0.444 e. The molecule has 22 heavy (non-hydrogen) atoms. The van der Waals surface area contributed by atoms with Crippen molar-refractivity contribution in [1.29, 1.82) is 0 Å². The highest BCUT2D eigenvalue weighted by Gasteiger charge is 2.32. The summed E-state index contributed by atoms with van der Waals surface area (Å²) in [5.41, 5.74) is 0.232. The molecule has 2 heterocycles. The molecule has 0 saturated carbocycles. The Kier molecular flexibility index (Phi) is 5.58. The molecule has 1 fully saturated rings. The summed E-state index contributed by atoms with van der Waals surface area (Å²) in [5.74, 6) is 0. The summed E-state index contributed by atoms with van der Waals surface area (Å²) >= 11 is 5.68. The first kappa shape index (κ1) is 17.0. The number of likely N-dealkylation sites (tertiary alicyclic amines) is 1. The molecule has 1 atom stereocenters. The van der Waals surface area contributed by atoms with Gasteiger partial charge in [0.2, 0.25) is 0 Å². The SMILES string of the molecule is CC(C)(C)OC(=O)N1CCCC1COCc1ccc(Cl)nn1. The van der Waals surface area contributed by atoms with E-state index in [0.29, 0.717) is 30.6 Å². The number of ether oxygens (including phenoxy) is 2. The number of amides is 1. The van der Waals surface area contributed by atoms with E-state index in [9.17, 15) is 4.79 Å². The molecule has 0 spiro atoms. The lowest BCUT2D eigenvalue weighted by molar-refractivity contribution is 0.00850. The van der Waals surface area contributed by atoms with Crippen molar-refractivity contribution in [3.8, 4) is 0 Å². The zero-order valence-corrected chi connectivity index (χ0v) is 14.0. The summed E-state index contributed by atoms with van der Waals surface area (Å²) in [6.07, 6.45) is 1.62. The van der Waals surface area contributed by atoms with E-state index in [0.717, 1.165) is 12.8 Å². The van der Waals surface area contributed by atoms with Crippen LogP contribution in [0.4, 0.5) is 4.79 Å². The third-order valence-corrected chi connectivity index (χ3v) is 3.45. The average Bonchev–Trinajstić information content (AvgIpc) is 2.88. The summed E-state index contributed by atoms with van der Waals surface area (Å²) in [5, 5.41) is 8.05. The summed E-state index contributed by atoms with van der Waals surface area (Å²) in [6, 6.07) is 3.50. The maximum absolute atomic E-state index is 12.2. The fraction of sp³-hybridized carbons (Fsp3) is 0.667. The smallest absolute Gasteiger partial charge is 0.410 e. The number of carbonyl (C=O) groups is 1. The van der Waals surface area contributed by atoms with Crippen LogP contribution in [0, 0.1) is 0 Å². The molecule has 1 unspecified atom stereocenters. The predicted octanol–water partition coefficient (Wildman–Crippen LogP) is 3.05. The molecule has 2 rings (SSSR count). The van der Waals surface area contributed by atoms with Crippen molar-refractivity contribution < 1.29 is 14.3 Å². The molecular formula is C15H22ClN3O3. The third-order valence-electron chi connectivity index (χ3n) is 3.25. The fourth-order valence-electron chi connectivity index (χ4n) is 2.29. The first-order chi connectivity index (χ1) is 10.3. The first-order valence-corrected chi connectivity index (χ1v) is 7.78. The summed E-state index contributed by atoms with van der Waals surface area (Å²) in [6.45, 7) is 7.12. The Bertz CT molecular complexity index is 502. The number of hydrogen-bond acceptors (Lipinski definition) is 5. The van der Waals surface area contributed by atoms with Gasteiger partial charge in [0.25, 0.3) is 0 Å². The lowest BCUT2D eigenvalue weighted by Crippen LogP contribution is -2.41. The Morgan fingerprint density at radius 3 is 2.82 bits per heavy atom. The normalized spacial score (nSPS) is 18.5. The van der Waals surface area contributed by atoms with Crippen LogP contribution >= 0.6 is 11.6 Å². The monoisotopic (exact) mass is 327 g/mol. The second kappa shape index (κ2) is 7.24. The van der Waals surface area contributed by atoms with E-state index in [2.05, 4.69) is 10.2 Å². The van der Waals surface area contributed by atoms with Crippen molar-refractivity contribution in [3.05, 3.63) is 23.0 Å². The van der Waals surface area contributed by atoms with Crippen LogP contribution in [0.5, 0.6) is 0 Å². The van der Waals surface area contributed by atoms with Crippen LogP contribution in [0.15, 0.2) is 12.1 Å². The van der Waals surface area contributed by atoms with Gasteiger partial charge in [-0.05, 0) is 45.7 Å². The Labute approximate surface area is 135 Å². The highest BCUT2D eigenvalue weighted by molar-refractivity contribution is 6.29. The molecule has 1 aromatic heterocycles. The standard InChI is InChI=1S/C15H22ClN3O3/c1-15(2,3)22-14(20)19-8-4-5-12(19)10-21-9-11-6-7-13(16)18-17-11/h6-7,12H,4-5,8-10H2,1-3H3. The van der Waals surface area contributed by atoms with E-state index in [4.69, 9.17) is 21.1 Å². The van der Waals surface area contributed by atoms with Gasteiger partial charge < -0.3 is 14.4 Å². The van der Waals surface area contributed by atoms with Crippen LogP contribution in [0.3, 0.4) is 0 Å². The second-order valence-electron chi connectivity index (χ2n) is 6.33. The lowest BCUT2D eigenvalue weighted by Gasteiger charge is -2.28. The second-order valence-corrected chi connectivity index (χ2v) is 6.72. The molecule has 1 saturated heterocycles. The maximum atomic E-state index is 12.2. The molecule has 1 aliphatic heterocycles. The maximum Gasteiger partial charge on any atom is 0.410 e. The van der Waals surface area contributed by atoms with Crippen molar-refractivity contribution in [2.45, 2.75) is 51.9 Å². The number of aromatic nitrogens is 2. The minimum Gasteiger partial charge on any atom is -0.444 e. The van der Waals surface area contributed by atoms with Gasteiger partial charge in [0.1, 0.15) is 5.60 Å². The Hall–Kier alpha value is -1.40. The molecule has 0 bridgehead atoms. The van der Waals surface area contributed by atoms with Crippen LogP contribution in [-0.4, -0.2) is 46.0 Å². The molecule has 1 amide bonds. The van der Waals surface area contributed by atoms with Crippen LogP contribution in [0.25, 0.3) is 0 Å². The van der Waals surface area contributed by atoms with Crippen molar-refractivity contribution in [2.24, 2.45) is 0 Å². The highest BCUT2D eigenvalue weighted by atomic mass is 35.5. The van der Waals surface area contributed by atoms with Crippen molar-refractivity contribution in [3.63, 3.8) is 0 Å². The molecule has 7 heteroatoms. The van der Waals surface area contributed by atoms with Gasteiger partial charge in [0.05, 0.1) is 24.9 Å². The lowest BCUT2D eigenvalue weighted by atomic mass is 10.2. The number of rotatable bonds is 4. The average molecular weight is 328 g/mol. The van der Waals surface area contributed by atoms with E-state index in [1.54, 1.807) is 17.0 Å². The topological polar surface area (TPSA) is 64.5 Å². The van der Waals surface area contributed by atoms with Gasteiger partial charge in [-0.3, -0.25) is 0 Å². The number of nitrogens with zero attached hydrogens (tertiary/aromatic N) is 3. The minimum absolute atomic E-state index is 0.0510. The van der Waals surface area contributed by atoms with Gasteiger partial charge >= 0.3 is 6.09 Å². The summed E-state index contributed by atoms with van der Waals surface area (Å²) < 4.78 is 11.1. The third kappa shape index (κ3) is 5.10. The Morgan fingerprint density at radius 2 is 2.18 bits per heavy atom. The van der Waals surface area contributed by atoms with Gasteiger partial charge in [-0.2, -0.15) is 5.10 Å². The molecule has 0 N–H and O–H groups in total. The van der Waals surface area contributed by atoms with Gasteiger partial charge in [0, 0.05) is 6.54 Å². The molecule has 1 aliphatic rings. The predicted molar refractivity (Wildman–Crippen MR) is 82.7 cm³/mol. The Morgan fingerprint density at radius 1 is 1.41 bits per heavy atom. The first-order valence-electron chi connectivity index (χ1n) is 7.40. The highest BCUT2D eigenvalue weighted by Crippen LogP contribution is 2.21. The fourth-order valence-corrected chi connectivity index (χ4v) is 2.39. The van der Waals surface area contributed by atoms with E-state index >= 15 is 0 Å². The molecule has 0 aliphatic carbocycles. The van der Waals surface area contributed by atoms with Crippen LogP contribution in [0.1, 0.15) is 39.3 Å². The molecule has 122 valence electrons. The van der Waals surface area contributed by atoms with Crippen molar-refractivity contribution in [1.82, 2.24) is 15.1 Å². The Balaban J connectivity index is 1.81. The zero-order chi connectivity index (χ0) is 16.2. The molecule has 0 aromatic carbocycles. The van der Waals surface area contributed by atoms with Gasteiger partial charge in [0.15, 0.2) is 5.15 Å². The van der Waals surface area contributed by atoms with Crippen LogP contribution in [0.2, 0.25) is 5.15 Å². The number of halogens is 1. The zero-order valence-electron chi connectivity index (χ0n) is 13.2. The van der Waals surface area contributed by atoms with Crippen molar-refractivity contribution in [2.75, 3.05) is 13.2 Å². The number of hydrogen-bond donors (Lipinski definition) is 0. The van der Waals surface area contributed by atoms with E-state index in [-0.39, 0.29) is 12.1 Å². The molecule has 0 radical (unpaired) electrons. The van der Waals surface area contributed by atoms with Gasteiger partial charge in [-0.15, -0.1) is 5.10 Å². The van der Waals surface area contributed by atoms with Gasteiger partial charge in [-0.1, -0.05) is 11.6 Å². The van der Waals surface area contributed by atoms with Crippen LogP contribution < -0.4 is 0 Å². The van der Waals surface area contributed by atoms with Crippen molar-refractivity contribution >= 4 is 17.7 Å². The minimum atomic E-state index is -0.482. The van der Waals surface area contributed by atoms with Crippen LogP contribution in [-0.2, 0) is 16.1 Å².